The van der Waals surface area contributed by atoms with Crippen LogP contribution in [-0.2, 0) is 52.2 Å². The maximum Gasteiger partial charge on any atom is 0.333 e. The lowest BCUT2D eigenvalue weighted by Gasteiger charge is -2.19. The molecule has 0 saturated heterocycles. The average Bonchev–Trinajstić information content (AvgIpc) is 2.80. The van der Waals surface area contributed by atoms with E-state index in [0.29, 0.717) is 98.1 Å². The zero-order chi connectivity index (χ0) is 26.9. The summed E-state index contributed by atoms with van der Waals surface area (Å²) in [7, 11) is 0. The molecular formula is C25H46O11. The molecule has 0 saturated carbocycles. The standard InChI is InChI=1S/C25H46O11/c1-22(2)24(27)35-21-20-34-19-18-33-17-16-32-15-14-31-13-12-30-11-10-29-9-8-28-7-6-23(26)36-25(3,4)5/h1,6-21H2,2-5H3. The highest BCUT2D eigenvalue weighted by Crippen LogP contribution is 2.08. The van der Waals surface area contributed by atoms with E-state index in [9.17, 15) is 9.59 Å². The lowest BCUT2D eigenvalue weighted by molar-refractivity contribution is -0.156. The molecule has 0 aliphatic rings. The van der Waals surface area contributed by atoms with Crippen LogP contribution >= 0.6 is 0 Å². The van der Waals surface area contributed by atoms with E-state index in [0.717, 1.165) is 0 Å². The van der Waals surface area contributed by atoms with Gasteiger partial charge in [0.05, 0.1) is 98.9 Å². The lowest BCUT2D eigenvalue weighted by Crippen LogP contribution is -2.24. The second-order valence-corrected chi connectivity index (χ2v) is 8.54. The van der Waals surface area contributed by atoms with Gasteiger partial charge < -0.3 is 42.6 Å². The monoisotopic (exact) mass is 522 g/mol. The van der Waals surface area contributed by atoms with Crippen LogP contribution in [0.25, 0.3) is 0 Å². The van der Waals surface area contributed by atoms with Crippen molar-refractivity contribution in [2.75, 3.05) is 99.1 Å². The molecule has 0 unspecified atom stereocenters. The number of carbonyl (C=O) groups excluding carboxylic acids is 2. The fourth-order valence-electron chi connectivity index (χ4n) is 2.29. The van der Waals surface area contributed by atoms with Gasteiger partial charge in [-0.25, -0.2) is 4.79 Å². The minimum atomic E-state index is -0.473. The molecule has 0 bridgehead atoms. The highest BCUT2D eigenvalue weighted by molar-refractivity contribution is 5.86. The normalized spacial score (nSPS) is 11.4. The maximum absolute atomic E-state index is 11.5. The van der Waals surface area contributed by atoms with Crippen molar-refractivity contribution in [1.29, 1.82) is 0 Å². The molecule has 0 rings (SSSR count). The first-order valence-corrected chi connectivity index (χ1v) is 12.3. The molecule has 36 heavy (non-hydrogen) atoms. The highest BCUT2D eigenvalue weighted by Gasteiger charge is 2.15. The minimum absolute atomic E-state index is 0.197. The van der Waals surface area contributed by atoms with E-state index in [1.165, 1.54) is 0 Å². The predicted octanol–water partition coefficient (Wildman–Crippen LogP) is 1.95. The van der Waals surface area contributed by atoms with Crippen molar-refractivity contribution in [3.8, 4) is 0 Å². The zero-order valence-electron chi connectivity index (χ0n) is 22.5. The van der Waals surface area contributed by atoms with Gasteiger partial charge in [0.1, 0.15) is 12.2 Å². The minimum Gasteiger partial charge on any atom is -0.460 e. The van der Waals surface area contributed by atoms with Crippen molar-refractivity contribution in [2.24, 2.45) is 0 Å². The first-order chi connectivity index (χ1) is 17.2. The van der Waals surface area contributed by atoms with Gasteiger partial charge in [-0.05, 0) is 27.7 Å². The summed E-state index contributed by atoms with van der Waals surface area (Å²) < 4.78 is 47.7. The molecule has 0 N–H and O–H groups in total. The third-order valence-corrected chi connectivity index (χ3v) is 3.91. The quantitative estimate of drug-likeness (QED) is 0.0995. The smallest absolute Gasteiger partial charge is 0.333 e. The van der Waals surface area contributed by atoms with Crippen molar-refractivity contribution in [2.45, 2.75) is 39.7 Å². The number of hydrogen-bond donors (Lipinski definition) is 0. The molecule has 0 radical (unpaired) electrons. The molecule has 0 aromatic carbocycles. The van der Waals surface area contributed by atoms with E-state index < -0.39 is 11.6 Å². The van der Waals surface area contributed by atoms with Crippen LogP contribution in [0.3, 0.4) is 0 Å². The van der Waals surface area contributed by atoms with Gasteiger partial charge in [-0.3, -0.25) is 4.79 Å². The summed E-state index contributed by atoms with van der Waals surface area (Å²) in [4.78, 5) is 22.7. The highest BCUT2D eigenvalue weighted by atomic mass is 16.6. The van der Waals surface area contributed by atoms with Gasteiger partial charge in [-0.2, -0.15) is 0 Å². The van der Waals surface area contributed by atoms with Crippen molar-refractivity contribution < 1.29 is 52.2 Å². The molecule has 0 heterocycles. The van der Waals surface area contributed by atoms with Crippen LogP contribution in [0.4, 0.5) is 0 Å². The predicted molar refractivity (Wildman–Crippen MR) is 132 cm³/mol. The van der Waals surface area contributed by atoms with Crippen molar-refractivity contribution >= 4 is 11.9 Å². The summed E-state index contributed by atoms with van der Waals surface area (Å²) in [5.41, 5.74) is -0.105. The van der Waals surface area contributed by atoms with Gasteiger partial charge in [0.15, 0.2) is 0 Å². The third-order valence-electron chi connectivity index (χ3n) is 3.91. The second kappa shape index (κ2) is 23.8. The molecule has 0 aliphatic heterocycles. The molecule has 0 fully saturated rings. The molecule has 0 spiro atoms. The van der Waals surface area contributed by atoms with E-state index in [2.05, 4.69) is 6.58 Å². The molecule has 0 aromatic rings. The number of ether oxygens (including phenoxy) is 9. The Bertz CT molecular complexity index is 561. The largest absolute Gasteiger partial charge is 0.460 e. The molecule has 11 heteroatoms. The van der Waals surface area contributed by atoms with Gasteiger partial charge in [0.25, 0.3) is 0 Å². The summed E-state index contributed by atoms with van der Waals surface area (Å²) in [5.74, 6) is -0.683. The molecule has 0 atom stereocenters. The summed E-state index contributed by atoms with van der Waals surface area (Å²) in [6.45, 7) is 16.9. The third kappa shape index (κ3) is 27.0. The summed E-state index contributed by atoms with van der Waals surface area (Å²) in [6, 6.07) is 0. The molecule has 0 aliphatic carbocycles. The SMILES string of the molecule is C=C(C)C(=O)OCCOCCOCCOCCOCCOCCOCCOCCC(=O)OC(C)(C)C. The van der Waals surface area contributed by atoms with Gasteiger partial charge in [0.2, 0.25) is 0 Å². The molecule has 212 valence electrons. The first-order valence-electron chi connectivity index (χ1n) is 12.3. The Hall–Kier alpha value is -1.60. The Morgan fingerprint density at radius 3 is 1.17 bits per heavy atom. The number of esters is 2. The Morgan fingerprint density at radius 1 is 0.556 bits per heavy atom. The maximum atomic E-state index is 11.5. The molecule has 0 amide bonds. The summed E-state index contributed by atoms with van der Waals surface area (Å²) in [5, 5.41) is 0. The fraction of sp³-hybridized carbons (Fsp3) is 0.840. The van der Waals surface area contributed by atoms with Crippen LogP contribution in [0, 0.1) is 0 Å². The number of rotatable bonds is 25. The van der Waals surface area contributed by atoms with Crippen molar-refractivity contribution in [1.82, 2.24) is 0 Å². The van der Waals surface area contributed by atoms with Crippen LogP contribution in [0.15, 0.2) is 12.2 Å². The zero-order valence-corrected chi connectivity index (χ0v) is 22.5. The van der Waals surface area contributed by atoms with Gasteiger partial charge in [-0.1, -0.05) is 6.58 Å². The van der Waals surface area contributed by atoms with E-state index in [1.807, 2.05) is 20.8 Å². The second-order valence-electron chi connectivity index (χ2n) is 8.54. The number of hydrogen-bond acceptors (Lipinski definition) is 11. The summed E-state index contributed by atoms with van der Waals surface area (Å²) >= 11 is 0. The Kier molecular flexibility index (Phi) is 22.7. The average molecular weight is 523 g/mol. The fourth-order valence-corrected chi connectivity index (χ4v) is 2.29. The van der Waals surface area contributed by atoms with Crippen LogP contribution in [0.2, 0.25) is 0 Å². The molecular weight excluding hydrogens is 476 g/mol. The van der Waals surface area contributed by atoms with Gasteiger partial charge in [-0.15, -0.1) is 0 Å². The van der Waals surface area contributed by atoms with Crippen molar-refractivity contribution in [3.63, 3.8) is 0 Å². The lowest BCUT2D eigenvalue weighted by atomic mass is 10.2. The van der Waals surface area contributed by atoms with E-state index in [1.54, 1.807) is 6.92 Å². The van der Waals surface area contributed by atoms with Crippen LogP contribution < -0.4 is 0 Å². The Balaban J connectivity index is 3.15. The van der Waals surface area contributed by atoms with Crippen molar-refractivity contribution in [3.05, 3.63) is 12.2 Å². The topological polar surface area (TPSA) is 117 Å². The van der Waals surface area contributed by atoms with Gasteiger partial charge >= 0.3 is 11.9 Å². The molecule has 11 nitrogen and oxygen atoms in total. The van der Waals surface area contributed by atoms with Gasteiger partial charge in [0, 0.05) is 5.57 Å². The Morgan fingerprint density at radius 2 is 0.861 bits per heavy atom. The van der Waals surface area contributed by atoms with E-state index >= 15 is 0 Å². The van der Waals surface area contributed by atoms with E-state index in [4.69, 9.17) is 42.6 Å². The van der Waals surface area contributed by atoms with E-state index in [-0.39, 0.29) is 19.0 Å². The van der Waals surface area contributed by atoms with Crippen LogP contribution in [0.1, 0.15) is 34.1 Å². The van der Waals surface area contributed by atoms with Crippen LogP contribution in [0.5, 0.6) is 0 Å². The van der Waals surface area contributed by atoms with Crippen LogP contribution in [-0.4, -0.2) is 117 Å². The molecule has 0 aromatic heterocycles. The summed E-state index contributed by atoms with van der Waals surface area (Å²) in [6.07, 6.45) is 0.230. The number of carbonyl (C=O) groups is 2. The Labute approximate surface area is 215 Å². The first kappa shape index (κ1) is 34.4.